The summed E-state index contributed by atoms with van der Waals surface area (Å²) in [5.41, 5.74) is 5.12. The summed E-state index contributed by atoms with van der Waals surface area (Å²) in [7, 11) is 0. The van der Waals surface area contributed by atoms with E-state index in [9.17, 15) is 9.59 Å². The molecule has 0 bridgehead atoms. The van der Waals surface area contributed by atoms with Gasteiger partial charge in [-0.15, -0.1) is 0 Å². The lowest BCUT2D eigenvalue weighted by Gasteiger charge is -1.97. The van der Waals surface area contributed by atoms with E-state index >= 15 is 0 Å². The molecule has 0 radical (unpaired) electrons. The topological polar surface area (TPSA) is 121 Å². The second kappa shape index (κ2) is 10.3. The van der Waals surface area contributed by atoms with E-state index in [2.05, 4.69) is 0 Å². The van der Waals surface area contributed by atoms with Crippen LogP contribution in [0.3, 0.4) is 0 Å². The van der Waals surface area contributed by atoms with E-state index in [1.807, 2.05) is 6.26 Å². The molecule has 0 saturated carbocycles. The highest BCUT2D eigenvalue weighted by Crippen LogP contribution is 1.89. The number of aliphatic hydroxyl groups excluding tert-OH is 1. The third-order valence-electron chi connectivity index (χ3n) is 0.975. The number of thioether (sulfide) groups is 1. The van der Waals surface area contributed by atoms with E-state index in [-0.39, 0.29) is 0 Å². The van der Waals surface area contributed by atoms with Crippen molar-refractivity contribution in [2.24, 2.45) is 5.73 Å². The van der Waals surface area contributed by atoms with Crippen LogP contribution in [0.5, 0.6) is 0 Å². The summed E-state index contributed by atoms with van der Waals surface area (Å²) in [6, 6.07) is 0. The number of carboxylic acids is 2. The molecule has 0 heterocycles. The monoisotopic (exact) mass is 225 g/mol. The zero-order chi connectivity index (χ0) is 11.6. The second-order valence-corrected chi connectivity index (χ2v) is 3.22. The summed E-state index contributed by atoms with van der Waals surface area (Å²) in [4.78, 5) is 19.4. The molecule has 84 valence electrons. The van der Waals surface area contributed by atoms with Crippen LogP contribution >= 0.6 is 11.8 Å². The molecule has 0 aliphatic rings. The number of carboxylic acid groups (broad SMARTS) is 2. The van der Waals surface area contributed by atoms with Gasteiger partial charge in [0.2, 0.25) is 0 Å². The fourth-order valence-electron chi connectivity index (χ4n) is 0.371. The van der Waals surface area contributed by atoms with E-state index in [1.165, 1.54) is 0 Å². The van der Waals surface area contributed by atoms with Crippen LogP contribution in [-0.2, 0) is 9.59 Å². The average molecular weight is 225 g/mol. The zero-order valence-corrected chi connectivity index (χ0v) is 8.66. The first kappa shape index (κ1) is 15.7. The molecule has 0 aliphatic heterocycles. The van der Waals surface area contributed by atoms with Crippen molar-refractivity contribution in [3.8, 4) is 0 Å². The van der Waals surface area contributed by atoms with Gasteiger partial charge in [0.15, 0.2) is 6.10 Å². The number of nitrogens with two attached hydrogens (primary N) is 1. The molecule has 0 spiro atoms. The van der Waals surface area contributed by atoms with Gasteiger partial charge in [-0.1, -0.05) is 0 Å². The Hall–Kier alpha value is -0.790. The number of rotatable bonds is 5. The van der Waals surface area contributed by atoms with Crippen molar-refractivity contribution in [1.29, 1.82) is 0 Å². The lowest BCUT2D eigenvalue weighted by molar-refractivity contribution is -0.152. The third kappa shape index (κ3) is 13.8. The quantitative estimate of drug-likeness (QED) is 0.484. The summed E-state index contributed by atoms with van der Waals surface area (Å²) >= 11 is 1.78. The predicted molar refractivity (Wildman–Crippen MR) is 53.3 cm³/mol. The van der Waals surface area contributed by atoms with Crippen LogP contribution in [0.25, 0.3) is 0 Å². The van der Waals surface area contributed by atoms with Crippen molar-refractivity contribution in [2.75, 3.05) is 18.6 Å². The van der Waals surface area contributed by atoms with Crippen LogP contribution in [0, 0.1) is 0 Å². The molecule has 0 aromatic carbocycles. The van der Waals surface area contributed by atoms with Gasteiger partial charge in [0.05, 0.1) is 6.42 Å². The van der Waals surface area contributed by atoms with Gasteiger partial charge in [0.1, 0.15) is 0 Å². The molecular weight excluding hydrogens is 210 g/mol. The van der Waals surface area contributed by atoms with E-state index in [1.54, 1.807) is 11.8 Å². The maximum absolute atomic E-state index is 9.72. The maximum Gasteiger partial charge on any atom is 0.333 e. The van der Waals surface area contributed by atoms with Gasteiger partial charge in [0.25, 0.3) is 0 Å². The Labute approximate surface area is 86.1 Å². The predicted octanol–water partition coefficient (Wildman–Crippen LogP) is -0.785. The molecule has 0 aromatic rings. The molecule has 0 saturated heterocycles. The molecule has 0 amide bonds. The smallest absolute Gasteiger partial charge is 0.333 e. The van der Waals surface area contributed by atoms with Gasteiger partial charge >= 0.3 is 11.9 Å². The molecule has 0 aliphatic carbocycles. The van der Waals surface area contributed by atoms with Crippen molar-refractivity contribution in [3.63, 3.8) is 0 Å². The van der Waals surface area contributed by atoms with Crippen LogP contribution in [0.1, 0.15) is 6.42 Å². The van der Waals surface area contributed by atoms with Crippen LogP contribution in [-0.4, -0.2) is 51.9 Å². The first-order chi connectivity index (χ1) is 6.45. The van der Waals surface area contributed by atoms with E-state index in [0.717, 1.165) is 12.3 Å². The summed E-state index contributed by atoms with van der Waals surface area (Å²) in [5, 5.41) is 24.1. The Bertz CT molecular complexity index is 173. The van der Waals surface area contributed by atoms with Crippen molar-refractivity contribution < 1.29 is 24.9 Å². The van der Waals surface area contributed by atoms with Gasteiger partial charge in [-0.25, -0.2) is 4.79 Å². The SMILES string of the molecule is CSCCN.O=C(O)CC(O)C(=O)O. The first-order valence-electron chi connectivity index (χ1n) is 3.77. The Morgan fingerprint density at radius 3 is 2.00 bits per heavy atom. The number of aliphatic hydroxyl groups is 1. The molecule has 0 rings (SSSR count). The lowest BCUT2D eigenvalue weighted by Crippen LogP contribution is -2.22. The minimum Gasteiger partial charge on any atom is -0.481 e. The highest BCUT2D eigenvalue weighted by Gasteiger charge is 2.16. The molecule has 7 heteroatoms. The number of aliphatic carboxylic acids is 2. The molecule has 1 atom stereocenters. The van der Waals surface area contributed by atoms with Crippen LogP contribution in [0.15, 0.2) is 0 Å². The van der Waals surface area contributed by atoms with Crippen molar-refractivity contribution in [1.82, 2.24) is 0 Å². The number of hydrogen-bond donors (Lipinski definition) is 4. The highest BCUT2D eigenvalue weighted by atomic mass is 32.2. The van der Waals surface area contributed by atoms with Crippen LogP contribution in [0.2, 0.25) is 0 Å². The molecule has 0 fully saturated rings. The third-order valence-corrected chi connectivity index (χ3v) is 1.62. The summed E-state index contributed by atoms with van der Waals surface area (Å²) < 4.78 is 0. The second-order valence-electron chi connectivity index (χ2n) is 2.23. The number of carbonyl (C=O) groups is 2. The Kier molecular flexibility index (Phi) is 11.5. The van der Waals surface area contributed by atoms with Gasteiger partial charge in [-0.05, 0) is 6.26 Å². The van der Waals surface area contributed by atoms with Crippen LogP contribution < -0.4 is 5.73 Å². The minimum absolute atomic E-state index is 0.755. The molecular formula is C7H15NO5S. The first-order valence-corrected chi connectivity index (χ1v) is 5.16. The van der Waals surface area contributed by atoms with Crippen LogP contribution in [0.4, 0.5) is 0 Å². The molecule has 1 unspecified atom stereocenters. The van der Waals surface area contributed by atoms with Gasteiger partial charge in [0, 0.05) is 12.3 Å². The largest absolute Gasteiger partial charge is 0.481 e. The molecule has 6 nitrogen and oxygen atoms in total. The summed E-state index contributed by atoms with van der Waals surface area (Å²) in [6.45, 7) is 0.807. The maximum atomic E-state index is 9.72. The van der Waals surface area contributed by atoms with Crippen molar-refractivity contribution in [2.45, 2.75) is 12.5 Å². The Morgan fingerprint density at radius 2 is 1.93 bits per heavy atom. The summed E-state index contributed by atoms with van der Waals surface area (Å²) in [5.74, 6) is -1.76. The lowest BCUT2D eigenvalue weighted by atomic mass is 10.3. The van der Waals surface area contributed by atoms with E-state index in [0.29, 0.717) is 0 Å². The average Bonchev–Trinajstić information content (AvgIpc) is 2.05. The van der Waals surface area contributed by atoms with Gasteiger partial charge in [-0.3, -0.25) is 4.79 Å². The minimum atomic E-state index is -1.79. The zero-order valence-electron chi connectivity index (χ0n) is 7.84. The Balaban J connectivity index is 0. The normalized spacial score (nSPS) is 11.1. The standard InChI is InChI=1S/C4H6O5.C3H9NS/c5-2(4(8)9)1-3(6)7;1-5-3-2-4/h2,5H,1H2,(H,6,7)(H,8,9);2-4H2,1H3. The fourth-order valence-corrected chi connectivity index (χ4v) is 0.606. The van der Waals surface area contributed by atoms with Crippen molar-refractivity contribution >= 4 is 23.7 Å². The van der Waals surface area contributed by atoms with Gasteiger partial charge < -0.3 is 21.1 Å². The summed E-state index contributed by atoms with van der Waals surface area (Å²) in [6.07, 6.45) is -0.496. The number of hydrogen-bond acceptors (Lipinski definition) is 5. The molecule has 0 aromatic heterocycles. The molecule has 5 N–H and O–H groups in total. The fraction of sp³-hybridized carbons (Fsp3) is 0.714. The molecule has 14 heavy (non-hydrogen) atoms. The van der Waals surface area contributed by atoms with Gasteiger partial charge in [-0.2, -0.15) is 11.8 Å². The van der Waals surface area contributed by atoms with E-state index < -0.39 is 24.5 Å². The van der Waals surface area contributed by atoms with E-state index in [4.69, 9.17) is 21.1 Å². The Morgan fingerprint density at radius 1 is 1.43 bits per heavy atom. The van der Waals surface area contributed by atoms with Crippen molar-refractivity contribution in [3.05, 3.63) is 0 Å². The highest BCUT2D eigenvalue weighted by molar-refractivity contribution is 7.98.